The molecule has 1 amide bonds. The van der Waals surface area contributed by atoms with Gasteiger partial charge in [-0.15, -0.1) is 0 Å². The first kappa shape index (κ1) is 39.5. The minimum Gasteiger partial charge on any atom is -0.462 e. The number of phosphoric ester groups is 1. The first-order valence-corrected chi connectivity index (χ1v) is 17.5. The van der Waals surface area contributed by atoms with E-state index in [1.807, 2.05) is 0 Å². The Morgan fingerprint density at radius 1 is 0.659 bits per heavy atom. The maximum absolute atomic E-state index is 12.2. The number of carbonyl (C=O) groups is 3. The van der Waals surface area contributed by atoms with E-state index < -0.39 is 32.5 Å². The number of nitrogens with one attached hydrogen (secondary N) is 1. The van der Waals surface area contributed by atoms with Gasteiger partial charge in [-0.05, 0) is 19.3 Å². The summed E-state index contributed by atoms with van der Waals surface area (Å²) >= 11 is 0. The summed E-state index contributed by atoms with van der Waals surface area (Å²) in [5.41, 5.74) is 0. The third-order valence-electron chi connectivity index (χ3n) is 6.82. The number of esters is 2. The van der Waals surface area contributed by atoms with Gasteiger partial charge in [-0.25, -0.2) is 4.57 Å². The van der Waals surface area contributed by atoms with Crippen LogP contribution in [0.5, 0.6) is 0 Å². The van der Waals surface area contributed by atoms with Gasteiger partial charge in [-0.1, -0.05) is 110 Å². The molecule has 0 aliphatic rings. The van der Waals surface area contributed by atoms with E-state index in [-0.39, 0.29) is 25.4 Å². The Balaban J connectivity index is 3.94. The molecule has 0 aromatic heterocycles. The molecule has 0 heterocycles. The maximum atomic E-state index is 12.2. The molecule has 0 unspecified atom stereocenters. The number of hydrogen-bond acceptors (Lipinski definition) is 7. The van der Waals surface area contributed by atoms with Crippen LogP contribution < -0.4 is 5.32 Å². The van der Waals surface area contributed by atoms with Crippen molar-refractivity contribution < 1.29 is 42.7 Å². The third kappa shape index (κ3) is 31.3. The average Bonchev–Trinajstić information content (AvgIpc) is 2.91. The van der Waals surface area contributed by atoms with Gasteiger partial charge in [0, 0.05) is 26.3 Å². The molecular formula is C30H58NO9P. The second-order valence-corrected chi connectivity index (χ2v) is 12.2. The number of phosphoric acid groups is 1. The molecule has 0 bridgehead atoms. The smallest absolute Gasteiger partial charge is 0.462 e. The van der Waals surface area contributed by atoms with E-state index in [0.717, 1.165) is 57.9 Å². The van der Waals surface area contributed by atoms with Crippen LogP contribution in [0, 0.1) is 0 Å². The van der Waals surface area contributed by atoms with Crippen LogP contribution in [-0.4, -0.2) is 53.5 Å². The molecule has 0 saturated heterocycles. The summed E-state index contributed by atoms with van der Waals surface area (Å²) in [7, 11) is -4.74. The number of rotatable bonds is 29. The summed E-state index contributed by atoms with van der Waals surface area (Å²) in [5, 5.41) is 2.81. The molecule has 0 aliphatic carbocycles. The monoisotopic (exact) mass is 607 g/mol. The molecule has 10 nitrogen and oxygen atoms in total. The fourth-order valence-corrected chi connectivity index (χ4v) is 4.81. The predicted molar refractivity (Wildman–Crippen MR) is 160 cm³/mol. The molecule has 242 valence electrons. The molecule has 0 saturated carbocycles. The van der Waals surface area contributed by atoms with Crippen LogP contribution in [-0.2, 0) is 32.9 Å². The first-order chi connectivity index (χ1) is 19.6. The van der Waals surface area contributed by atoms with E-state index >= 15 is 0 Å². The molecule has 0 aromatic rings. The van der Waals surface area contributed by atoms with Crippen molar-refractivity contribution in [3.63, 3.8) is 0 Å². The highest BCUT2D eigenvalue weighted by Gasteiger charge is 2.22. The summed E-state index contributed by atoms with van der Waals surface area (Å²) < 4.78 is 26.1. The number of amides is 1. The molecule has 0 fully saturated rings. The fraction of sp³-hybridized carbons (Fsp3) is 0.900. The van der Waals surface area contributed by atoms with Crippen molar-refractivity contribution in [3.8, 4) is 0 Å². The molecule has 0 aromatic carbocycles. The molecule has 0 aliphatic heterocycles. The highest BCUT2D eigenvalue weighted by Crippen LogP contribution is 2.35. The summed E-state index contributed by atoms with van der Waals surface area (Å²) in [6.45, 7) is 3.65. The van der Waals surface area contributed by atoms with Crippen molar-refractivity contribution >= 4 is 25.7 Å². The van der Waals surface area contributed by atoms with Crippen LogP contribution in [0.1, 0.15) is 149 Å². The zero-order chi connectivity index (χ0) is 30.6. The van der Waals surface area contributed by atoms with Crippen LogP contribution in [0.4, 0.5) is 0 Å². The minimum absolute atomic E-state index is 0.0313. The number of ether oxygens (including phenoxy) is 2. The maximum Gasteiger partial charge on any atom is 0.469 e. The SMILES string of the molecule is CCCCCCCCCCC(=O)O[C@H](COC(=O)CCCCCCCCCCCCCNC(C)=O)COP(=O)(O)O. The van der Waals surface area contributed by atoms with Gasteiger partial charge in [0.1, 0.15) is 6.61 Å². The van der Waals surface area contributed by atoms with Gasteiger partial charge in [-0.3, -0.25) is 18.9 Å². The van der Waals surface area contributed by atoms with E-state index in [4.69, 9.17) is 19.3 Å². The van der Waals surface area contributed by atoms with Crippen LogP contribution in [0.2, 0.25) is 0 Å². The second kappa shape index (κ2) is 27.4. The van der Waals surface area contributed by atoms with Gasteiger partial charge in [0.2, 0.25) is 5.91 Å². The summed E-state index contributed by atoms with van der Waals surface area (Å²) in [5.74, 6) is -0.888. The zero-order valence-electron chi connectivity index (χ0n) is 25.7. The van der Waals surface area contributed by atoms with Crippen molar-refractivity contribution in [3.05, 3.63) is 0 Å². The topological polar surface area (TPSA) is 148 Å². The fourth-order valence-electron chi connectivity index (χ4n) is 4.45. The lowest BCUT2D eigenvalue weighted by molar-refractivity contribution is -0.161. The molecule has 0 radical (unpaired) electrons. The molecule has 3 N–H and O–H groups in total. The van der Waals surface area contributed by atoms with Gasteiger partial charge < -0.3 is 24.6 Å². The van der Waals surface area contributed by atoms with Crippen LogP contribution >= 0.6 is 7.82 Å². The number of hydrogen-bond donors (Lipinski definition) is 3. The Bertz CT molecular complexity index is 714. The number of carbonyl (C=O) groups excluding carboxylic acids is 3. The van der Waals surface area contributed by atoms with Crippen molar-refractivity contribution in [2.45, 2.75) is 155 Å². The minimum atomic E-state index is -4.74. The Morgan fingerprint density at radius 2 is 1.10 bits per heavy atom. The van der Waals surface area contributed by atoms with E-state index in [1.165, 1.54) is 64.7 Å². The Hall–Kier alpha value is -1.48. The highest BCUT2D eigenvalue weighted by atomic mass is 31.2. The molecule has 11 heteroatoms. The zero-order valence-corrected chi connectivity index (χ0v) is 26.6. The summed E-state index contributed by atoms with van der Waals surface area (Å²) in [6, 6.07) is 0. The number of unbranched alkanes of at least 4 members (excludes halogenated alkanes) is 17. The highest BCUT2D eigenvalue weighted by molar-refractivity contribution is 7.46. The lowest BCUT2D eigenvalue weighted by Crippen LogP contribution is -2.29. The quantitative estimate of drug-likeness (QED) is 0.0469. The van der Waals surface area contributed by atoms with Crippen molar-refractivity contribution in [1.29, 1.82) is 0 Å². The lowest BCUT2D eigenvalue weighted by Gasteiger charge is -2.18. The van der Waals surface area contributed by atoms with Gasteiger partial charge in [0.25, 0.3) is 0 Å². The van der Waals surface area contributed by atoms with Crippen LogP contribution in [0.15, 0.2) is 0 Å². The molecular weight excluding hydrogens is 549 g/mol. The van der Waals surface area contributed by atoms with Crippen molar-refractivity contribution in [1.82, 2.24) is 5.32 Å². The Morgan fingerprint density at radius 3 is 1.56 bits per heavy atom. The average molecular weight is 608 g/mol. The Labute approximate surface area is 248 Å². The van der Waals surface area contributed by atoms with Gasteiger partial charge in [0.05, 0.1) is 6.61 Å². The van der Waals surface area contributed by atoms with Crippen LogP contribution in [0.25, 0.3) is 0 Å². The van der Waals surface area contributed by atoms with Gasteiger partial charge in [-0.2, -0.15) is 0 Å². The first-order valence-electron chi connectivity index (χ1n) is 15.9. The molecule has 0 spiro atoms. The van der Waals surface area contributed by atoms with E-state index in [1.54, 1.807) is 0 Å². The van der Waals surface area contributed by atoms with E-state index in [9.17, 15) is 18.9 Å². The van der Waals surface area contributed by atoms with Gasteiger partial charge in [0.15, 0.2) is 6.10 Å². The van der Waals surface area contributed by atoms with Crippen molar-refractivity contribution in [2.24, 2.45) is 0 Å². The normalized spacial score (nSPS) is 12.2. The standard InChI is InChI=1S/C30H58NO9P/c1-3-4-5-6-7-13-17-20-23-30(34)40-28(26-39-41(35,36)37)25-38-29(33)22-19-16-14-11-9-8-10-12-15-18-21-24-31-27(2)32/h28H,3-26H2,1-2H3,(H,31,32)(H2,35,36,37)/t28-/m1/s1. The van der Waals surface area contributed by atoms with E-state index in [2.05, 4.69) is 16.8 Å². The van der Waals surface area contributed by atoms with Crippen LogP contribution in [0.3, 0.4) is 0 Å². The third-order valence-corrected chi connectivity index (χ3v) is 7.31. The summed E-state index contributed by atoms with van der Waals surface area (Å²) in [6.07, 6.45) is 20.1. The lowest BCUT2D eigenvalue weighted by atomic mass is 10.1. The molecule has 41 heavy (non-hydrogen) atoms. The predicted octanol–water partition coefficient (Wildman–Crippen LogP) is 6.90. The summed E-state index contributed by atoms with van der Waals surface area (Å²) in [4.78, 5) is 53.1. The van der Waals surface area contributed by atoms with E-state index in [0.29, 0.717) is 12.8 Å². The largest absolute Gasteiger partial charge is 0.469 e. The molecule has 1 atom stereocenters. The van der Waals surface area contributed by atoms with Gasteiger partial charge >= 0.3 is 19.8 Å². The Kier molecular flexibility index (Phi) is 26.4. The second-order valence-electron chi connectivity index (χ2n) is 10.9. The molecule has 0 rings (SSSR count). The van der Waals surface area contributed by atoms with Crippen molar-refractivity contribution in [2.75, 3.05) is 19.8 Å².